The van der Waals surface area contributed by atoms with Crippen LogP contribution in [0.4, 0.5) is 5.82 Å². The summed E-state index contributed by atoms with van der Waals surface area (Å²) in [6.45, 7) is 6.61. The Morgan fingerprint density at radius 1 is 1.15 bits per heavy atom. The number of rotatable bonds is 4. The predicted molar refractivity (Wildman–Crippen MR) is 103 cm³/mol. The molecule has 4 rings (SSSR count). The van der Waals surface area contributed by atoms with Gasteiger partial charge in [0.1, 0.15) is 5.82 Å². The Morgan fingerprint density at radius 2 is 2.00 bits per heavy atom. The average Bonchev–Trinajstić information content (AvgIpc) is 3.22. The van der Waals surface area contributed by atoms with Crippen LogP contribution in [0.25, 0.3) is 10.9 Å². The minimum atomic E-state index is -0.465. The molecule has 0 spiro atoms. The standard InChI is InChI=1S/C19H23N5O2/c1-11-3-4-16-15(12(11)2)7-14(21-16)9-20-13-5-6-24(10-13)17-8-18(25)23-19(26)22-17/h3-4,7-8,13,20-21H,5-6,9-10H2,1-2H3,(H2,22,23,25,26)/t13-/m0/s1. The summed E-state index contributed by atoms with van der Waals surface area (Å²) in [5, 5.41) is 4.85. The van der Waals surface area contributed by atoms with Gasteiger partial charge < -0.3 is 15.2 Å². The summed E-state index contributed by atoms with van der Waals surface area (Å²) >= 11 is 0. The smallest absolute Gasteiger partial charge is 0.327 e. The van der Waals surface area contributed by atoms with Gasteiger partial charge in [0.2, 0.25) is 0 Å². The van der Waals surface area contributed by atoms with E-state index in [2.05, 4.69) is 52.3 Å². The Kier molecular flexibility index (Phi) is 4.16. The largest absolute Gasteiger partial charge is 0.357 e. The number of hydrogen-bond acceptors (Lipinski definition) is 4. The van der Waals surface area contributed by atoms with Crippen LogP contribution in [0.3, 0.4) is 0 Å². The molecular weight excluding hydrogens is 330 g/mol. The van der Waals surface area contributed by atoms with E-state index in [4.69, 9.17) is 0 Å². The minimum absolute atomic E-state index is 0.312. The number of nitrogens with one attached hydrogen (secondary N) is 4. The SMILES string of the molecule is Cc1ccc2[nH]c(CN[C@H]3CCN(c4cc(=O)[nH]c(=O)[nH]4)C3)cc2c1C. The van der Waals surface area contributed by atoms with Gasteiger partial charge in [0.15, 0.2) is 0 Å². The molecule has 1 atom stereocenters. The fourth-order valence-electron chi connectivity index (χ4n) is 3.64. The molecule has 0 bridgehead atoms. The number of aryl methyl sites for hydroxylation is 2. The molecule has 1 saturated heterocycles. The molecule has 1 aliphatic heterocycles. The van der Waals surface area contributed by atoms with E-state index in [1.807, 2.05) is 4.90 Å². The van der Waals surface area contributed by atoms with Crippen molar-refractivity contribution in [3.05, 3.63) is 61.9 Å². The highest BCUT2D eigenvalue weighted by molar-refractivity contribution is 5.84. The summed E-state index contributed by atoms with van der Waals surface area (Å²) in [4.78, 5) is 33.3. The highest BCUT2D eigenvalue weighted by Gasteiger charge is 2.23. The van der Waals surface area contributed by atoms with Gasteiger partial charge in [-0.05, 0) is 43.5 Å². The summed E-state index contributed by atoms with van der Waals surface area (Å²) in [5.74, 6) is 0.583. The lowest BCUT2D eigenvalue weighted by Gasteiger charge is -2.17. The Hall–Kier alpha value is -2.80. The van der Waals surface area contributed by atoms with Gasteiger partial charge in [-0.1, -0.05) is 6.07 Å². The molecule has 136 valence electrons. The molecule has 3 heterocycles. The van der Waals surface area contributed by atoms with Crippen LogP contribution in [0.2, 0.25) is 0 Å². The van der Waals surface area contributed by atoms with Crippen LogP contribution in [0.15, 0.2) is 33.9 Å². The van der Waals surface area contributed by atoms with Crippen LogP contribution in [-0.2, 0) is 6.54 Å². The van der Waals surface area contributed by atoms with E-state index in [1.165, 1.54) is 28.1 Å². The number of aromatic amines is 3. The third-order valence-electron chi connectivity index (χ3n) is 5.26. The fourth-order valence-corrected chi connectivity index (χ4v) is 3.64. The van der Waals surface area contributed by atoms with Crippen molar-refractivity contribution >= 4 is 16.7 Å². The maximum absolute atomic E-state index is 11.5. The van der Waals surface area contributed by atoms with Crippen LogP contribution in [0.1, 0.15) is 23.2 Å². The van der Waals surface area contributed by atoms with E-state index >= 15 is 0 Å². The number of H-pyrrole nitrogens is 3. The van der Waals surface area contributed by atoms with Crippen molar-refractivity contribution in [2.45, 2.75) is 32.9 Å². The summed E-state index contributed by atoms with van der Waals surface area (Å²) in [7, 11) is 0. The molecule has 0 amide bonds. The van der Waals surface area contributed by atoms with Crippen LogP contribution in [0, 0.1) is 13.8 Å². The molecule has 7 heteroatoms. The topological polar surface area (TPSA) is 96.8 Å². The van der Waals surface area contributed by atoms with Gasteiger partial charge >= 0.3 is 5.69 Å². The first-order chi connectivity index (χ1) is 12.5. The molecule has 3 aromatic rings. The van der Waals surface area contributed by atoms with E-state index in [9.17, 15) is 9.59 Å². The monoisotopic (exact) mass is 353 g/mol. The second-order valence-electron chi connectivity index (χ2n) is 7.05. The van der Waals surface area contributed by atoms with Crippen LogP contribution in [-0.4, -0.2) is 34.1 Å². The lowest BCUT2D eigenvalue weighted by Crippen LogP contribution is -2.34. The minimum Gasteiger partial charge on any atom is -0.357 e. The van der Waals surface area contributed by atoms with Gasteiger partial charge in [-0.25, -0.2) is 4.79 Å². The third kappa shape index (κ3) is 3.17. The van der Waals surface area contributed by atoms with Gasteiger partial charge in [-0.3, -0.25) is 14.8 Å². The molecule has 1 aliphatic rings. The average molecular weight is 353 g/mol. The normalized spacial score (nSPS) is 17.3. The molecule has 0 unspecified atom stereocenters. The van der Waals surface area contributed by atoms with Crippen LogP contribution >= 0.6 is 0 Å². The molecule has 0 aliphatic carbocycles. The van der Waals surface area contributed by atoms with Crippen molar-refractivity contribution in [1.29, 1.82) is 0 Å². The highest BCUT2D eigenvalue weighted by Crippen LogP contribution is 2.22. The van der Waals surface area contributed by atoms with Crippen LogP contribution < -0.4 is 21.5 Å². The lowest BCUT2D eigenvalue weighted by atomic mass is 10.1. The molecule has 4 N–H and O–H groups in total. The van der Waals surface area contributed by atoms with Gasteiger partial charge in [0.05, 0.1) is 0 Å². The first-order valence-corrected chi connectivity index (χ1v) is 8.89. The summed E-state index contributed by atoms with van der Waals surface area (Å²) in [5.41, 5.74) is 4.11. The Morgan fingerprint density at radius 3 is 2.81 bits per heavy atom. The summed E-state index contributed by atoms with van der Waals surface area (Å²) < 4.78 is 0. The Bertz CT molecular complexity index is 1030. The number of nitrogens with zero attached hydrogens (tertiary/aromatic N) is 1. The molecule has 7 nitrogen and oxygen atoms in total. The number of aromatic nitrogens is 3. The summed E-state index contributed by atoms with van der Waals surface area (Å²) in [6, 6.07) is 8.23. The maximum atomic E-state index is 11.5. The quantitative estimate of drug-likeness (QED) is 0.572. The first-order valence-electron chi connectivity index (χ1n) is 8.89. The van der Waals surface area contributed by atoms with Crippen molar-refractivity contribution in [2.24, 2.45) is 0 Å². The van der Waals surface area contributed by atoms with Crippen LogP contribution in [0.5, 0.6) is 0 Å². The highest BCUT2D eigenvalue weighted by atomic mass is 16.2. The summed E-state index contributed by atoms with van der Waals surface area (Å²) in [6.07, 6.45) is 0.965. The zero-order valence-corrected chi connectivity index (χ0v) is 15.0. The number of benzene rings is 1. The third-order valence-corrected chi connectivity index (χ3v) is 5.26. The van der Waals surface area contributed by atoms with E-state index in [1.54, 1.807) is 0 Å². The molecule has 26 heavy (non-hydrogen) atoms. The molecule has 0 radical (unpaired) electrons. The van der Waals surface area contributed by atoms with Gasteiger partial charge in [-0.15, -0.1) is 0 Å². The van der Waals surface area contributed by atoms with E-state index in [-0.39, 0.29) is 5.56 Å². The fraction of sp³-hybridized carbons (Fsp3) is 0.368. The van der Waals surface area contributed by atoms with Crippen molar-refractivity contribution < 1.29 is 0 Å². The second kappa shape index (κ2) is 6.49. The van der Waals surface area contributed by atoms with E-state index in [0.717, 1.165) is 31.7 Å². The molecule has 0 saturated carbocycles. The van der Waals surface area contributed by atoms with Gasteiger partial charge in [0.25, 0.3) is 5.56 Å². The second-order valence-corrected chi connectivity index (χ2v) is 7.05. The van der Waals surface area contributed by atoms with Crippen molar-refractivity contribution in [3.63, 3.8) is 0 Å². The van der Waals surface area contributed by atoms with Crippen molar-refractivity contribution in [3.8, 4) is 0 Å². The van der Waals surface area contributed by atoms with Gasteiger partial charge in [0, 0.05) is 48.3 Å². The van der Waals surface area contributed by atoms with Crippen molar-refractivity contribution in [2.75, 3.05) is 18.0 Å². The molecule has 1 fully saturated rings. The lowest BCUT2D eigenvalue weighted by molar-refractivity contribution is 0.547. The Balaban J connectivity index is 1.42. The zero-order valence-electron chi connectivity index (χ0n) is 15.0. The number of hydrogen-bond donors (Lipinski definition) is 4. The number of fused-ring (bicyclic) bond motifs is 1. The van der Waals surface area contributed by atoms with Gasteiger partial charge in [-0.2, -0.15) is 0 Å². The van der Waals surface area contributed by atoms with E-state index in [0.29, 0.717) is 11.9 Å². The molecule has 1 aromatic carbocycles. The first kappa shape index (κ1) is 16.7. The van der Waals surface area contributed by atoms with E-state index < -0.39 is 5.69 Å². The predicted octanol–water partition coefficient (Wildman–Crippen LogP) is 1.53. The molecular formula is C19H23N5O2. The maximum Gasteiger partial charge on any atom is 0.327 e. The number of anilines is 1. The Labute approximate surface area is 150 Å². The molecule has 2 aromatic heterocycles. The van der Waals surface area contributed by atoms with Crippen molar-refractivity contribution in [1.82, 2.24) is 20.3 Å². The zero-order chi connectivity index (χ0) is 18.3.